The molecule has 3 rings (SSSR count). The maximum atomic E-state index is 12.6. The van der Waals surface area contributed by atoms with Crippen molar-refractivity contribution >= 4 is 17.5 Å². The smallest absolute Gasteiger partial charge is 0.259 e. The number of hydrogen-bond donors (Lipinski definition) is 2. The average Bonchev–Trinajstić information content (AvgIpc) is 2.97. The molecule has 0 aliphatic heterocycles. The number of aryl methyl sites for hydroxylation is 1. The van der Waals surface area contributed by atoms with Gasteiger partial charge >= 0.3 is 0 Å². The Hall–Kier alpha value is -3.41. The minimum Gasteiger partial charge on any atom is -0.366 e. The van der Waals surface area contributed by atoms with E-state index < -0.39 is 5.91 Å². The van der Waals surface area contributed by atoms with Crippen LogP contribution in [0.4, 0.5) is 5.69 Å². The van der Waals surface area contributed by atoms with E-state index in [1.165, 1.54) is 0 Å². The molecule has 0 radical (unpaired) electrons. The van der Waals surface area contributed by atoms with E-state index in [1.807, 2.05) is 37.4 Å². The van der Waals surface area contributed by atoms with Crippen molar-refractivity contribution in [3.63, 3.8) is 0 Å². The second kappa shape index (κ2) is 7.00. The summed E-state index contributed by atoms with van der Waals surface area (Å²) >= 11 is 0. The van der Waals surface area contributed by atoms with Crippen LogP contribution < -0.4 is 11.1 Å². The third-order valence-corrected chi connectivity index (χ3v) is 3.93. The van der Waals surface area contributed by atoms with Gasteiger partial charge in [-0.05, 0) is 23.8 Å². The summed E-state index contributed by atoms with van der Waals surface area (Å²) in [5.41, 5.74) is 8.53. The summed E-state index contributed by atoms with van der Waals surface area (Å²) in [5.74, 6) is -0.817. The molecular weight excluding hydrogens is 316 g/mol. The predicted octanol–water partition coefficient (Wildman–Crippen LogP) is 2.36. The second-order valence-electron chi connectivity index (χ2n) is 5.69. The summed E-state index contributed by atoms with van der Waals surface area (Å²) in [4.78, 5) is 23.9. The molecule has 0 aliphatic carbocycles. The minimum absolute atomic E-state index is 0.277. The predicted molar refractivity (Wildman–Crippen MR) is 95.4 cm³/mol. The highest BCUT2D eigenvalue weighted by Gasteiger charge is 2.17. The Morgan fingerprint density at radius 3 is 2.60 bits per heavy atom. The highest BCUT2D eigenvalue weighted by atomic mass is 16.2. The largest absolute Gasteiger partial charge is 0.366 e. The molecule has 0 bridgehead atoms. The Morgan fingerprint density at radius 2 is 1.88 bits per heavy atom. The van der Waals surface area contributed by atoms with Gasteiger partial charge in [0.15, 0.2) is 0 Å². The van der Waals surface area contributed by atoms with E-state index in [9.17, 15) is 9.59 Å². The summed E-state index contributed by atoms with van der Waals surface area (Å²) in [6.45, 7) is 0. The highest BCUT2D eigenvalue weighted by Crippen LogP contribution is 2.17. The molecular formula is C19H18N4O2. The van der Waals surface area contributed by atoms with Crippen molar-refractivity contribution in [3.05, 3.63) is 83.2 Å². The number of benzene rings is 2. The zero-order valence-electron chi connectivity index (χ0n) is 13.8. The first kappa shape index (κ1) is 16.4. The van der Waals surface area contributed by atoms with Crippen LogP contribution in [0.25, 0.3) is 0 Å². The van der Waals surface area contributed by atoms with Gasteiger partial charge in [0, 0.05) is 24.7 Å². The van der Waals surface area contributed by atoms with Crippen LogP contribution in [-0.2, 0) is 13.5 Å². The lowest BCUT2D eigenvalue weighted by Gasteiger charge is -2.08. The SMILES string of the molecule is Cn1ncc(C(=O)Nc2cccc(C(N)=O)c2)c1Cc1ccccc1. The molecule has 126 valence electrons. The molecule has 25 heavy (non-hydrogen) atoms. The first-order valence-corrected chi connectivity index (χ1v) is 7.80. The first-order chi connectivity index (χ1) is 12.0. The lowest BCUT2D eigenvalue weighted by molar-refractivity contribution is 0.0996. The molecule has 2 amide bonds. The number of primary amides is 1. The number of anilines is 1. The Bertz CT molecular complexity index is 916. The molecule has 0 fully saturated rings. The van der Waals surface area contributed by atoms with Gasteiger partial charge in [0.2, 0.25) is 5.91 Å². The molecule has 0 aliphatic rings. The van der Waals surface area contributed by atoms with Crippen LogP contribution in [0.3, 0.4) is 0 Å². The summed E-state index contributed by atoms with van der Waals surface area (Å²) < 4.78 is 1.70. The highest BCUT2D eigenvalue weighted by molar-refractivity contribution is 6.05. The summed E-state index contributed by atoms with van der Waals surface area (Å²) in [6, 6.07) is 16.4. The van der Waals surface area contributed by atoms with Crippen molar-refractivity contribution in [3.8, 4) is 0 Å². The molecule has 1 heterocycles. The van der Waals surface area contributed by atoms with E-state index in [4.69, 9.17) is 5.73 Å². The van der Waals surface area contributed by atoms with E-state index in [1.54, 1.807) is 35.1 Å². The number of nitrogens with zero attached hydrogens (tertiary/aromatic N) is 2. The molecule has 6 nitrogen and oxygen atoms in total. The van der Waals surface area contributed by atoms with Crippen molar-refractivity contribution in [2.45, 2.75) is 6.42 Å². The molecule has 0 saturated carbocycles. The number of carbonyl (C=O) groups excluding carboxylic acids is 2. The number of rotatable bonds is 5. The monoisotopic (exact) mass is 334 g/mol. The van der Waals surface area contributed by atoms with E-state index >= 15 is 0 Å². The zero-order valence-corrected chi connectivity index (χ0v) is 13.8. The van der Waals surface area contributed by atoms with E-state index in [0.29, 0.717) is 23.2 Å². The van der Waals surface area contributed by atoms with Crippen molar-refractivity contribution in [1.29, 1.82) is 0 Å². The molecule has 3 N–H and O–H groups in total. The number of amides is 2. The lowest BCUT2D eigenvalue weighted by Crippen LogP contribution is -2.16. The van der Waals surface area contributed by atoms with Crippen LogP contribution in [0.15, 0.2) is 60.8 Å². The van der Waals surface area contributed by atoms with E-state index in [0.717, 1.165) is 11.3 Å². The summed E-state index contributed by atoms with van der Waals surface area (Å²) in [7, 11) is 1.81. The average molecular weight is 334 g/mol. The minimum atomic E-state index is -0.540. The van der Waals surface area contributed by atoms with Gasteiger partial charge in [0.25, 0.3) is 5.91 Å². The Morgan fingerprint density at radius 1 is 1.12 bits per heavy atom. The fourth-order valence-electron chi connectivity index (χ4n) is 2.60. The summed E-state index contributed by atoms with van der Waals surface area (Å²) in [5, 5.41) is 7.00. The van der Waals surface area contributed by atoms with Crippen LogP contribution in [-0.4, -0.2) is 21.6 Å². The molecule has 1 aromatic heterocycles. The van der Waals surface area contributed by atoms with Gasteiger partial charge in [-0.15, -0.1) is 0 Å². The van der Waals surface area contributed by atoms with Crippen molar-refractivity contribution in [1.82, 2.24) is 9.78 Å². The lowest BCUT2D eigenvalue weighted by atomic mass is 10.1. The van der Waals surface area contributed by atoms with Crippen LogP contribution in [0.2, 0.25) is 0 Å². The van der Waals surface area contributed by atoms with Gasteiger partial charge in [-0.3, -0.25) is 14.3 Å². The molecule has 0 unspecified atom stereocenters. The molecule has 2 aromatic carbocycles. The Balaban J connectivity index is 1.83. The number of hydrogen-bond acceptors (Lipinski definition) is 3. The zero-order chi connectivity index (χ0) is 17.8. The number of nitrogens with two attached hydrogens (primary N) is 1. The topological polar surface area (TPSA) is 90.0 Å². The van der Waals surface area contributed by atoms with Gasteiger partial charge in [-0.2, -0.15) is 5.10 Å². The Labute approximate surface area is 145 Å². The maximum Gasteiger partial charge on any atom is 0.259 e. The number of carbonyl (C=O) groups is 2. The molecule has 0 spiro atoms. The first-order valence-electron chi connectivity index (χ1n) is 7.80. The van der Waals surface area contributed by atoms with E-state index in [-0.39, 0.29) is 5.91 Å². The molecule has 0 atom stereocenters. The van der Waals surface area contributed by atoms with Crippen molar-refractivity contribution in [2.24, 2.45) is 12.8 Å². The summed E-state index contributed by atoms with van der Waals surface area (Å²) in [6.07, 6.45) is 2.15. The molecule has 6 heteroatoms. The van der Waals surface area contributed by atoms with Crippen molar-refractivity contribution < 1.29 is 9.59 Å². The normalized spacial score (nSPS) is 10.4. The Kier molecular flexibility index (Phi) is 4.61. The van der Waals surface area contributed by atoms with Gasteiger partial charge in [0.05, 0.1) is 17.5 Å². The van der Waals surface area contributed by atoms with Gasteiger partial charge in [-0.25, -0.2) is 0 Å². The third-order valence-electron chi connectivity index (χ3n) is 3.93. The van der Waals surface area contributed by atoms with Crippen LogP contribution in [0.5, 0.6) is 0 Å². The molecule has 0 saturated heterocycles. The van der Waals surface area contributed by atoms with Crippen LogP contribution in [0, 0.1) is 0 Å². The number of nitrogens with one attached hydrogen (secondary N) is 1. The van der Waals surface area contributed by atoms with Crippen molar-refractivity contribution in [2.75, 3.05) is 5.32 Å². The second-order valence-corrected chi connectivity index (χ2v) is 5.69. The van der Waals surface area contributed by atoms with Crippen LogP contribution >= 0.6 is 0 Å². The fraction of sp³-hybridized carbons (Fsp3) is 0.105. The molecule has 3 aromatic rings. The van der Waals surface area contributed by atoms with Gasteiger partial charge < -0.3 is 11.1 Å². The standard InChI is InChI=1S/C19H18N4O2/c1-23-17(10-13-6-3-2-4-7-13)16(12-21-23)19(25)22-15-9-5-8-14(11-15)18(20)24/h2-9,11-12H,10H2,1H3,(H2,20,24)(H,22,25). The fourth-order valence-corrected chi connectivity index (χ4v) is 2.60. The van der Waals surface area contributed by atoms with Crippen LogP contribution in [0.1, 0.15) is 32.0 Å². The third kappa shape index (κ3) is 3.74. The van der Waals surface area contributed by atoms with Gasteiger partial charge in [-0.1, -0.05) is 36.4 Å². The van der Waals surface area contributed by atoms with E-state index in [2.05, 4.69) is 10.4 Å². The van der Waals surface area contributed by atoms with Gasteiger partial charge in [0.1, 0.15) is 0 Å². The quantitative estimate of drug-likeness (QED) is 0.750. The number of aromatic nitrogens is 2. The maximum absolute atomic E-state index is 12.6.